The van der Waals surface area contributed by atoms with E-state index < -0.39 is 0 Å². The van der Waals surface area contributed by atoms with Gasteiger partial charge in [-0.1, -0.05) is 64.5 Å². The van der Waals surface area contributed by atoms with E-state index in [1.807, 2.05) is 0 Å². The molecule has 1 nitrogen and oxygen atoms in total. The summed E-state index contributed by atoms with van der Waals surface area (Å²) < 4.78 is 0. The highest BCUT2D eigenvalue weighted by molar-refractivity contribution is 4.81. The monoisotopic (exact) mass is 280 g/mol. The van der Waals surface area contributed by atoms with E-state index in [1.54, 1.807) is 0 Å². The van der Waals surface area contributed by atoms with Gasteiger partial charge in [0.25, 0.3) is 0 Å². The minimum absolute atomic E-state index is 0.202. The van der Waals surface area contributed by atoms with Gasteiger partial charge in [0.15, 0.2) is 0 Å². The normalized spacial score (nSPS) is 12.4. The zero-order valence-electron chi connectivity index (χ0n) is 14.6. The highest BCUT2D eigenvalue weighted by atomic mass is 14.9. The van der Waals surface area contributed by atoms with Gasteiger partial charge in [0.05, 0.1) is 0 Å². The minimum Gasteiger partial charge on any atom is -0.236 e. The quantitative estimate of drug-likeness (QED) is 0.263. The van der Waals surface area contributed by atoms with E-state index in [0.29, 0.717) is 0 Å². The number of rotatable bonds is 14. The van der Waals surface area contributed by atoms with Gasteiger partial charge in [0, 0.05) is 12.1 Å². The summed E-state index contributed by atoms with van der Waals surface area (Å²) in [6.07, 6.45) is 19.5. The minimum atomic E-state index is 0.202. The first-order valence-electron chi connectivity index (χ1n) is 8.96. The van der Waals surface area contributed by atoms with Gasteiger partial charge in [0.1, 0.15) is 0 Å². The average molecular weight is 281 g/mol. The Hall–Kier alpha value is -0.300. The van der Waals surface area contributed by atoms with Crippen molar-refractivity contribution >= 4 is 0 Å². The van der Waals surface area contributed by atoms with Gasteiger partial charge in [-0.2, -0.15) is 0 Å². The molecule has 0 aliphatic rings. The lowest BCUT2D eigenvalue weighted by atomic mass is 9.96. The third-order valence-corrected chi connectivity index (χ3v) is 3.89. The topological polar surface area (TPSA) is 14.1 Å². The van der Waals surface area contributed by atoms with Crippen LogP contribution in [0.2, 0.25) is 0 Å². The summed E-state index contributed by atoms with van der Waals surface area (Å²) in [5.74, 6) is 0. The zero-order valence-corrected chi connectivity index (χ0v) is 14.6. The lowest BCUT2D eigenvalue weighted by Gasteiger charge is -2.23. The van der Waals surface area contributed by atoms with Crippen molar-refractivity contribution in [2.45, 2.75) is 104 Å². The zero-order chi connectivity index (χ0) is 15.1. The first kappa shape index (κ1) is 19.7. The molecule has 0 saturated heterocycles. The summed E-state index contributed by atoms with van der Waals surface area (Å²) in [4.78, 5) is 0. The average Bonchev–Trinajstić information content (AvgIpc) is 2.40. The fraction of sp³-hybridized carbons (Fsp3) is 0.895. The van der Waals surface area contributed by atoms with Crippen LogP contribution < -0.4 is 5.32 Å². The molecule has 0 aliphatic heterocycles. The molecule has 0 spiro atoms. The molecule has 1 radical (unpaired) electrons. The predicted molar refractivity (Wildman–Crippen MR) is 92.4 cm³/mol. The number of hydrogen-bond donors (Lipinski definition) is 0. The summed E-state index contributed by atoms with van der Waals surface area (Å²) in [6, 6.07) is 0. The van der Waals surface area contributed by atoms with E-state index in [-0.39, 0.29) is 5.54 Å². The molecule has 0 N–H and O–H groups in total. The molecule has 0 heterocycles. The van der Waals surface area contributed by atoms with Crippen LogP contribution in [-0.2, 0) is 0 Å². The molecule has 0 aromatic heterocycles. The Balaban J connectivity index is 3.26. The Kier molecular flexibility index (Phi) is 13.5. The van der Waals surface area contributed by atoms with Gasteiger partial charge in [-0.25, -0.2) is 5.32 Å². The molecule has 0 aromatic rings. The fourth-order valence-corrected chi connectivity index (χ4v) is 2.61. The maximum absolute atomic E-state index is 4.63. The molecular formula is C19H38N. The predicted octanol–water partition coefficient (Wildman–Crippen LogP) is 6.26. The lowest BCUT2D eigenvalue weighted by molar-refractivity contribution is 0.347. The van der Waals surface area contributed by atoms with Crippen LogP contribution in [0.15, 0.2) is 12.2 Å². The Morgan fingerprint density at radius 1 is 0.750 bits per heavy atom. The highest BCUT2D eigenvalue weighted by Crippen LogP contribution is 2.16. The second-order valence-corrected chi connectivity index (χ2v) is 6.56. The summed E-state index contributed by atoms with van der Waals surface area (Å²) in [6.45, 7) is 9.88. The smallest absolute Gasteiger partial charge is 0.0300 e. The number of nitrogens with zero attached hydrogens (tertiary/aromatic N) is 1. The molecule has 0 unspecified atom stereocenters. The van der Waals surface area contributed by atoms with E-state index in [1.165, 1.54) is 70.6 Å². The summed E-state index contributed by atoms with van der Waals surface area (Å²) in [5.41, 5.74) is 0.202. The van der Waals surface area contributed by atoms with Crippen LogP contribution in [-0.4, -0.2) is 12.1 Å². The van der Waals surface area contributed by atoms with Crippen molar-refractivity contribution in [1.82, 2.24) is 5.32 Å². The molecule has 20 heavy (non-hydrogen) atoms. The van der Waals surface area contributed by atoms with Crippen molar-refractivity contribution in [2.24, 2.45) is 0 Å². The maximum atomic E-state index is 4.63. The molecule has 0 saturated carbocycles. The lowest BCUT2D eigenvalue weighted by Crippen LogP contribution is -2.32. The maximum Gasteiger partial charge on any atom is 0.0300 e. The third-order valence-electron chi connectivity index (χ3n) is 3.89. The van der Waals surface area contributed by atoms with E-state index in [2.05, 4.69) is 45.2 Å². The van der Waals surface area contributed by atoms with Crippen molar-refractivity contribution in [3.63, 3.8) is 0 Å². The van der Waals surface area contributed by atoms with Gasteiger partial charge < -0.3 is 0 Å². The molecule has 0 aromatic carbocycles. The number of allylic oxidation sites excluding steroid dienone is 2. The molecule has 0 aliphatic carbocycles. The van der Waals surface area contributed by atoms with Gasteiger partial charge in [-0.05, 0) is 46.0 Å². The van der Waals surface area contributed by atoms with Gasteiger partial charge in [-0.15, -0.1) is 0 Å². The third kappa shape index (κ3) is 14.1. The molecule has 0 fully saturated rings. The summed E-state index contributed by atoms with van der Waals surface area (Å²) in [5, 5.41) is 4.63. The van der Waals surface area contributed by atoms with Crippen LogP contribution in [0.25, 0.3) is 0 Å². The Bertz CT molecular complexity index is 218. The van der Waals surface area contributed by atoms with Crippen molar-refractivity contribution in [3.05, 3.63) is 12.2 Å². The Morgan fingerprint density at radius 2 is 1.30 bits per heavy atom. The largest absolute Gasteiger partial charge is 0.236 e. The Morgan fingerprint density at radius 3 is 1.85 bits per heavy atom. The van der Waals surface area contributed by atoms with Crippen molar-refractivity contribution in [1.29, 1.82) is 0 Å². The van der Waals surface area contributed by atoms with Crippen LogP contribution in [0.4, 0.5) is 0 Å². The Labute approximate surface area is 128 Å². The van der Waals surface area contributed by atoms with E-state index in [9.17, 15) is 0 Å². The van der Waals surface area contributed by atoms with E-state index in [0.717, 1.165) is 6.54 Å². The second-order valence-electron chi connectivity index (χ2n) is 6.56. The summed E-state index contributed by atoms with van der Waals surface area (Å²) >= 11 is 0. The van der Waals surface area contributed by atoms with Crippen molar-refractivity contribution < 1.29 is 0 Å². The standard InChI is InChI=1S/C19H38N/c1-5-7-8-9-10-11-12-13-14-15-16-17-18-19(3,4)20-6-2/h11-12H,5-10,13-18H2,1-4H3. The van der Waals surface area contributed by atoms with E-state index >= 15 is 0 Å². The van der Waals surface area contributed by atoms with E-state index in [4.69, 9.17) is 0 Å². The van der Waals surface area contributed by atoms with Crippen LogP contribution in [0.5, 0.6) is 0 Å². The van der Waals surface area contributed by atoms with Crippen LogP contribution in [0.3, 0.4) is 0 Å². The van der Waals surface area contributed by atoms with Crippen molar-refractivity contribution in [3.8, 4) is 0 Å². The van der Waals surface area contributed by atoms with Crippen molar-refractivity contribution in [2.75, 3.05) is 6.54 Å². The van der Waals surface area contributed by atoms with Gasteiger partial charge in [0.2, 0.25) is 0 Å². The van der Waals surface area contributed by atoms with Crippen LogP contribution >= 0.6 is 0 Å². The van der Waals surface area contributed by atoms with Gasteiger partial charge in [-0.3, -0.25) is 0 Å². The first-order valence-corrected chi connectivity index (χ1v) is 8.96. The van der Waals surface area contributed by atoms with Crippen LogP contribution in [0, 0.1) is 0 Å². The highest BCUT2D eigenvalue weighted by Gasteiger charge is 2.15. The molecule has 0 rings (SSSR count). The van der Waals surface area contributed by atoms with Gasteiger partial charge >= 0.3 is 0 Å². The molecule has 119 valence electrons. The molecule has 0 amide bonds. The molecular weight excluding hydrogens is 242 g/mol. The SMILES string of the molecule is CCCCCCC=CCCCCCCC(C)(C)[N]CC. The fourth-order valence-electron chi connectivity index (χ4n) is 2.61. The molecule has 0 bridgehead atoms. The van der Waals surface area contributed by atoms with Crippen LogP contribution in [0.1, 0.15) is 98.3 Å². The first-order chi connectivity index (χ1) is 9.62. The number of unbranched alkanes of at least 4 members (excludes halogenated alkanes) is 8. The second kappa shape index (κ2) is 13.7. The summed E-state index contributed by atoms with van der Waals surface area (Å²) in [7, 11) is 0. The number of hydrogen-bond acceptors (Lipinski definition) is 0. The molecule has 1 heteroatoms. The molecule has 0 atom stereocenters.